The number of phenols is 1. The normalized spacial score (nSPS) is 26.6. The van der Waals surface area contributed by atoms with Gasteiger partial charge in [-0.2, -0.15) is 0 Å². The van der Waals surface area contributed by atoms with E-state index >= 15 is 0 Å². The molecule has 0 saturated carbocycles. The van der Waals surface area contributed by atoms with Crippen molar-refractivity contribution in [2.75, 3.05) is 34.5 Å². The van der Waals surface area contributed by atoms with Crippen LogP contribution in [0.1, 0.15) is 23.1 Å². The first kappa shape index (κ1) is 17.9. The van der Waals surface area contributed by atoms with Crippen LogP contribution < -0.4 is 14.2 Å². The standard InChI is InChI=1S/C21H24O6/c1-23-17-7-5-12(8-19(17)25-3)14-10-27-21-15(14)11-26-20(21)13-4-6-16(22)18(9-13)24-2/h4-9,14-15,20-22H,10-11H2,1-3H3. The Morgan fingerprint density at radius 3 is 2.26 bits per heavy atom. The van der Waals surface area contributed by atoms with E-state index in [0.29, 0.717) is 24.7 Å². The van der Waals surface area contributed by atoms with Gasteiger partial charge in [0.1, 0.15) is 6.10 Å². The molecule has 0 amide bonds. The molecule has 0 aliphatic carbocycles. The predicted octanol–water partition coefficient (Wildman–Crippen LogP) is 3.29. The Morgan fingerprint density at radius 1 is 0.815 bits per heavy atom. The van der Waals surface area contributed by atoms with Crippen molar-refractivity contribution >= 4 is 0 Å². The molecule has 2 saturated heterocycles. The van der Waals surface area contributed by atoms with Crippen LogP contribution in [-0.2, 0) is 9.47 Å². The lowest BCUT2D eigenvalue weighted by Gasteiger charge is -2.18. The molecule has 4 rings (SSSR count). The highest BCUT2D eigenvalue weighted by atomic mass is 16.6. The third-order valence-electron chi connectivity index (χ3n) is 5.54. The quantitative estimate of drug-likeness (QED) is 0.869. The summed E-state index contributed by atoms with van der Waals surface area (Å²) in [5, 5.41) is 9.83. The van der Waals surface area contributed by atoms with Crippen molar-refractivity contribution in [1.29, 1.82) is 0 Å². The van der Waals surface area contributed by atoms with Gasteiger partial charge in [0.2, 0.25) is 0 Å². The average molecular weight is 372 g/mol. The number of fused-ring (bicyclic) bond motifs is 1. The minimum absolute atomic E-state index is 0.0302. The molecular formula is C21H24O6. The van der Waals surface area contributed by atoms with Crippen LogP contribution in [0.5, 0.6) is 23.0 Å². The first-order valence-corrected chi connectivity index (χ1v) is 8.98. The highest BCUT2D eigenvalue weighted by molar-refractivity contribution is 5.45. The van der Waals surface area contributed by atoms with Gasteiger partial charge in [0.15, 0.2) is 23.0 Å². The van der Waals surface area contributed by atoms with Gasteiger partial charge in [0.05, 0.1) is 40.6 Å². The lowest BCUT2D eigenvalue weighted by molar-refractivity contribution is 0.00527. The van der Waals surface area contributed by atoms with Crippen LogP contribution in [0.15, 0.2) is 36.4 Å². The van der Waals surface area contributed by atoms with E-state index in [1.807, 2.05) is 24.3 Å². The van der Waals surface area contributed by atoms with Crippen molar-refractivity contribution in [3.8, 4) is 23.0 Å². The van der Waals surface area contributed by atoms with Crippen LogP contribution in [0.2, 0.25) is 0 Å². The topological polar surface area (TPSA) is 66.4 Å². The maximum atomic E-state index is 9.83. The fourth-order valence-corrected chi connectivity index (χ4v) is 4.11. The number of aromatic hydroxyl groups is 1. The van der Waals surface area contributed by atoms with E-state index in [1.165, 1.54) is 7.11 Å². The third kappa shape index (κ3) is 3.09. The van der Waals surface area contributed by atoms with E-state index in [-0.39, 0.29) is 29.8 Å². The number of benzene rings is 2. The summed E-state index contributed by atoms with van der Waals surface area (Å²) in [7, 11) is 4.81. The summed E-state index contributed by atoms with van der Waals surface area (Å²) in [5.74, 6) is 2.48. The highest BCUT2D eigenvalue weighted by Gasteiger charge is 2.48. The van der Waals surface area contributed by atoms with Crippen LogP contribution in [0.3, 0.4) is 0 Å². The Kier molecular flexibility index (Phi) is 4.85. The summed E-state index contributed by atoms with van der Waals surface area (Å²) >= 11 is 0. The molecule has 6 nitrogen and oxygen atoms in total. The fraction of sp³-hybridized carbons (Fsp3) is 0.429. The van der Waals surface area contributed by atoms with Gasteiger partial charge in [0.25, 0.3) is 0 Å². The van der Waals surface area contributed by atoms with Crippen LogP contribution in [0, 0.1) is 5.92 Å². The van der Waals surface area contributed by atoms with Gasteiger partial charge in [-0.25, -0.2) is 0 Å². The van der Waals surface area contributed by atoms with Gasteiger partial charge in [-0.05, 0) is 35.4 Å². The van der Waals surface area contributed by atoms with E-state index in [1.54, 1.807) is 20.3 Å². The van der Waals surface area contributed by atoms with Gasteiger partial charge >= 0.3 is 0 Å². The summed E-state index contributed by atoms with van der Waals surface area (Å²) in [4.78, 5) is 0. The first-order chi connectivity index (χ1) is 13.2. The zero-order chi connectivity index (χ0) is 19.0. The van der Waals surface area contributed by atoms with E-state index in [2.05, 4.69) is 6.07 Å². The molecule has 0 spiro atoms. The number of phenolic OH excluding ortho intramolecular Hbond substituents is 1. The van der Waals surface area contributed by atoms with Gasteiger partial charge in [0, 0.05) is 11.8 Å². The minimum atomic E-state index is -0.172. The van der Waals surface area contributed by atoms with Crippen molar-refractivity contribution in [2.45, 2.75) is 18.1 Å². The maximum absolute atomic E-state index is 9.83. The zero-order valence-corrected chi connectivity index (χ0v) is 15.7. The predicted molar refractivity (Wildman–Crippen MR) is 98.9 cm³/mol. The average Bonchev–Trinajstić information content (AvgIpc) is 3.30. The molecule has 144 valence electrons. The molecule has 2 aliphatic heterocycles. The lowest BCUT2D eigenvalue weighted by atomic mass is 9.84. The van der Waals surface area contributed by atoms with Crippen LogP contribution in [0.25, 0.3) is 0 Å². The number of hydrogen-bond donors (Lipinski definition) is 1. The molecule has 27 heavy (non-hydrogen) atoms. The maximum Gasteiger partial charge on any atom is 0.160 e. The van der Waals surface area contributed by atoms with Crippen LogP contribution in [0.4, 0.5) is 0 Å². The van der Waals surface area contributed by atoms with Gasteiger partial charge < -0.3 is 28.8 Å². The molecule has 2 aromatic carbocycles. The summed E-state index contributed by atoms with van der Waals surface area (Å²) in [6.45, 7) is 1.26. The van der Waals surface area contributed by atoms with Crippen molar-refractivity contribution in [2.24, 2.45) is 5.92 Å². The van der Waals surface area contributed by atoms with E-state index in [9.17, 15) is 5.11 Å². The zero-order valence-electron chi connectivity index (χ0n) is 15.7. The molecule has 2 aliphatic rings. The second-order valence-electron chi connectivity index (χ2n) is 6.87. The Balaban J connectivity index is 1.57. The summed E-state index contributed by atoms with van der Waals surface area (Å²) in [6, 6.07) is 11.3. The van der Waals surface area contributed by atoms with Crippen molar-refractivity contribution < 1.29 is 28.8 Å². The Labute approximate surface area is 158 Å². The Hall–Kier alpha value is -2.44. The van der Waals surface area contributed by atoms with E-state index < -0.39 is 0 Å². The molecule has 0 bridgehead atoms. The number of methoxy groups -OCH3 is 3. The Bertz CT molecular complexity index is 820. The van der Waals surface area contributed by atoms with Crippen LogP contribution >= 0.6 is 0 Å². The van der Waals surface area contributed by atoms with Gasteiger partial charge in [-0.3, -0.25) is 0 Å². The minimum Gasteiger partial charge on any atom is -0.504 e. The molecule has 2 aromatic rings. The van der Waals surface area contributed by atoms with Crippen molar-refractivity contribution in [3.05, 3.63) is 47.5 Å². The first-order valence-electron chi connectivity index (χ1n) is 8.98. The highest BCUT2D eigenvalue weighted by Crippen LogP contribution is 2.48. The van der Waals surface area contributed by atoms with E-state index in [0.717, 1.165) is 16.9 Å². The summed E-state index contributed by atoms with van der Waals surface area (Å²) < 4.78 is 28.2. The molecule has 4 atom stereocenters. The molecule has 1 N–H and O–H groups in total. The van der Waals surface area contributed by atoms with Crippen LogP contribution in [-0.4, -0.2) is 45.8 Å². The second-order valence-corrected chi connectivity index (χ2v) is 6.87. The van der Waals surface area contributed by atoms with E-state index in [4.69, 9.17) is 23.7 Å². The molecule has 6 heteroatoms. The largest absolute Gasteiger partial charge is 0.504 e. The molecule has 0 aromatic heterocycles. The fourth-order valence-electron chi connectivity index (χ4n) is 4.11. The SMILES string of the molecule is COc1cc(C2OCC3C(c4ccc(OC)c(OC)c4)COC23)ccc1O. The van der Waals surface area contributed by atoms with Gasteiger partial charge in [-0.15, -0.1) is 0 Å². The molecule has 4 unspecified atom stereocenters. The number of ether oxygens (including phenoxy) is 5. The second kappa shape index (κ2) is 7.29. The Morgan fingerprint density at radius 2 is 1.52 bits per heavy atom. The summed E-state index contributed by atoms with van der Waals surface area (Å²) in [5.41, 5.74) is 2.11. The molecule has 2 fully saturated rings. The molecular weight excluding hydrogens is 348 g/mol. The number of rotatable bonds is 5. The summed E-state index contributed by atoms with van der Waals surface area (Å²) in [6.07, 6.45) is -0.202. The van der Waals surface area contributed by atoms with Crippen molar-refractivity contribution in [1.82, 2.24) is 0 Å². The smallest absolute Gasteiger partial charge is 0.160 e. The third-order valence-corrected chi connectivity index (χ3v) is 5.54. The lowest BCUT2D eigenvalue weighted by Crippen LogP contribution is -2.19. The molecule has 0 radical (unpaired) electrons. The molecule has 2 heterocycles. The van der Waals surface area contributed by atoms with Gasteiger partial charge in [-0.1, -0.05) is 12.1 Å². The monoisotopic (exact) mass is 372 g/mol. The number of hydrogen-bond acceptors (Lipinski definition) is 6. The van der Waals surface area contributed by atoms with Crippen molar-refractivity contribution in [3.63, 3.8) is 0 Å².